The summed E-state index contributed by atoms with van der Waals surface area (Å²) in [6, 6.07) is 8.82. The Kier molecular flexibility index (Phi) is 3.42. The van der Waals surface area contributed by atoms with Crippen LogP contribution < -0.4 is 0 Å². The first-order chi connectivity index (χ1) is 13.2. The van der Waals surface area contributed by atoms with Gasteiger partial charge in [0.15, 0.2) is 11.6 Å². The number of thiazole rings is 1. The van der Waals surface area contributed by atoms with Crippen molar-refractivity contribution >= 4 is 23.2 Å². The first-order valence-corrected chi connectivity index (χ1v) is 9.24. The maximum Gasteiger partial charge on any atom is 0.261 e. The van der Waals surface area contributed by atoms with Gasteiger partial charge < -0.3 is 0 Å². The Balaban J connectivity index is 1.53. The molecule has 132 valence electrons. The fourth-order valence-corrected chi connectivity index (χ4v) is 3.76. The average molecular weight is 376 g/mol. The van der Waals surface area contributed by atoms with E-state index >= 15 is 0 Å². The molecule has 27 heavy (non-hydrogen) atoms. The van der Waals surface area contributed by atoms with Gasteiger partial charge in [0.25, 0.3) is 11.8 Å². The zero-order valence-corrected chi connectivity index (χ0v) is 14.8. The van der Waals surface area contributed by atoms with E-state index in [9.17, 15) is 9.59 Å². The van der Waals surface area contributed by atoms with Crippen LogP contribution in [0.1, 0.15) is 56.0 Å². The molecule has 0 bridgehead atoms. The lowest BCUT2D eigenvalue weighted by Gasteiger charge is -2.13. The normalized spacial score (nSPS) is 15.9. The van der Waals surface area contributed by atoms with E-state index in [1.807, 2.05) is 0 Å². The number of fused-ring (bicyclic) bond motifs is 1. The minimum absolute atomic E-state index is 0.00747. The summed E-state index contributed by atoms with van der Waals surface area (Å²) in [5.74, 6) is 0.785. The molecular weight excluding hydrogens is 364 g/mol. The molecule has 0 spiro atoms. The van der Waals surface area contributed by atoms with Crippen molar-refractivity contribution in [2.75, 3.05) is 0 Å². The van der Waals surface area contributed by atoms with Gasteiger partial charge >= 0.3 is 0 Å². The highest BCUT2D eigenvalue weighted by Crippen LogP contribution is 2.38. The molecule has 0 radical (unpaired) electrons. The number of imide groups is 1. The van der Waals surface area contributed by atoms with Crippen molar-refractivity contribution in [3.8, 4) is 11.2 Å². The number of carbonyl (C=O) groups excluding carboxylic acids is 2. The Morgan fingerprint density at radius 3 is 2.48 bits per heavy atom. The lowest BCUT2D eigenvalue weighted by molar-refractivity contribution is 0.0637. The van der Waals surface area contributed by atoms with Crippen LogP contribution in [0.15, 0.2) is 30.5 Å². The van der Waals surface area contributed by atoms with Gasteiger partial charge in [-0.1, -0.05) is 23.5 Å². The highest BCUT2D eigenvalue weighted by Gasteiger charge is 2.37. The Labute approximate surface area is 157 Å². The van der Waals surface area contributed by atoms with Gasteiger partial charge in [-0.05, 0) is 25.0 Å². The largest absolute Gasteiger partial charge is 0.269 e. The molecule has 0 N–H and O–H groups in total. The van der Waals surface area contributed by atoms with Gasteiger partial charge in [0.2, 0.25) is 5.13 Å². The molecule has 8 nitrogen and oxygen atoms in total. The van der Waals surface area contributed by atoms with E-state index in [1.54, 1.807) is 28.9 Å². The third-order valence-corrected chi connectivity index (χ3v) is 5.47. The first-order valence-electron chi connectivity index (χ1n) is 8.43. The number of benzene rings is 1. The van der Waals surface area contributed by atoms with Gasteiger partial charge in [0.05, 0.1) is 23.9 Å². The fourth-order valence-electron chi connectivity index (χ4n) is 3.07. The van der Waals surface area contributed by atoms with Crippen molar-refractivity contribution in [1.82, 2.24) is 24.6 Å². The van der Waals surface area contributed by atoms with Gasteiger partial charge in [-0.2, -0.15) is 9.94 Å². The number of aromatic nitrogens is 4. The van der Waals surface area contributed by atoms with E-state index in [2.05, 4.69) is 21.1 Å². The molecule has 1 saturated carbocycles. The van der Waals surface area contributed by atoms with Crippen LogP contribution in [0.25, 0.3) is 5.13 Å². The smallest absolute Gasteiger partial charge is 0.261 e. The second kappa shape index (κ2) is 5.82. The molecule has 3 aromatic rings. The van der Waals surface area contributed by atoms with Crippen molar-refractivity contribution in [2.45, 2.75) is 25.3 Å². The summed E-state index contributed by atoms with van der Waals surface area (Å²) < 4.78 is 1.54. The Morgan fingerprint density at radius 2 is 1.89 bits per heavy atom. The van der Waals surface area contributed by atoms with Gasteiger partial charge in [0, 0.05) is 5.92 Å². The minimum Gasteiger partial charge on any atom is -0.269 e. The third kappa shape index (κ3) is 2.53. The highest BCUT2D eigenvalue weighted by atomic mass is 32.1. The van der Waals surface area contributed by atoms with Crippen LogP contribution in [0.5, 0.6) is 0 Å². The molecule has 1 aliphatic carbocycles. The van der Waals surface area contributed by atoms with Crippen LogP contribution >= 0.6 is 11.3 Å². The number of hydrogen-bond donors (Lipinski definition) is 0. The number of rotatable bonds is 4. The predicted molar refractivity (Wildman–Crippen MR) is 94.4 cm³/mol. The summed E-state index contributed by atoms with van der Waals surface area (Å²) in [4.78, 5) is 35.7. The molecule has 2 amide bonds. The summed E-state index contributed by atoms with van der Waals surface area (Å²) >= 11 is 1.19. The van der Waals surface area contributed by atoms with Crippen LogP contribution in [-0.2, 0) is 6.54 Å². The Bertz CT molecular complexity index is 1100. The molecule has 2 aromatic heterocycles. The van der Waals surface area contributed by atoms with E-state index < -0.39 is 0 Å². The molecule has 1 aliphatic heterocycles. The summed E-state index contributed by atoms with van der Waals surface area (Å²) in [5.41, 5.74) is 0.800. The summed E-state index contributed by atoms with van der Waals surface area (Å²) in [5, 5.41) is 14.1. The van der Waals surface area contributed by atoms with Crippen LogP contribution in [0.3, 0.4) is 0 Å². The lowest BCUT2D eigenvalue weighted by Crippen LogP contribution is -2.30. The van der Waals surface area contributed by atoms with E-state index in [1.165, 1.54) is 22.4 Å². The molecule has 2 aliphatic rings. The summed E-state index contributed by atoms with van der Waals surface area (Å²) in [6.07, 6.45) is 3.53. The number of nitriles is 1. The van der Waals surface area contributed by atoms with Crippen molar-refractivity contribution in [3.05, 3.63) is 58.1 Å². The quantitative estimate of drug-likeness (QED) is 0.647. The maximum atomic E-state index is 12.7. The fraction of sp³-hybridized carbons (Fsp3) is 0.222. The number of nitrogens with zero attached hydrogens (tertiary/aromatic N) is 6. The van der Waals surface area contributed by atoms with E-state index in [-0.39, 0.29) is 18.4 Å². The SMILES string of the molecule is N#Cc1cnc(-n2nc(C3CC3)nc2CN2C(=O)c3ccccc3C2=O)s1. The number of carbonyl (C=O) groups is 2. The van der Waals surface area contributed by atoms with Gasteiger partial charge in [-0.15, -0.1) is 5.10 Å². The van der Waals surface area contributed by atoms with Crippen LogP contribution in [0, 0.1) is 11.3 Å². The third-order valence-electron chi connectivity index (χ3n) is 4.60. The van der Waals surface area contributed by atoms with E-state index in [0.29, 0.717) is 38.7 Å². The molecule has 5 rings (SSSR count). The van der Waals surface area contributed by atoms with Gasteiger partial charge in [-0.25, -0.2) is 9.97 Å². The number of amides is 2. The topological polar surface area (TPSA) is 105 Å². The first kappa shape index (κ1) is 15.8. The molecule has 9 heteroatoms. The van der Waals surface area contributed by atoms with Gasteiger partial charge in [0.1, 0.15) is 10.9 Å². The predicted octanol–water partition coefficient (Wildman–Crippen LogP) is 2.27. The Morgan fingerprint density at radius 1 is 1.19 bits per heavy atom. The molecule has 0 saturated heterocycles. The Hall–Kier alpha value is -3.38. The zero-order chi connectivity index (χ0) is 18.5. The van der Waals surface area contributed by atoms with E-state index in [0.717, 1.165) is 12.8 Å². The monoisotopic (exact) mass is 376 g/mol. The van der Waals surface area contributed by atoms with Crippen molar-refractivity contribution in [2.24, 2.45) is 0 Å². The molecule has 1 fully saturated rings. The molecule has 1 aromatic carbocycles. The number of hydrogen-bond acceptors (Lipinski definition) is 7. The van der Waals surface area contributed by atoms with Crippen LogP contribution in [0.2, 0.25) is 0 Å². The molecular formula is C18H12N6O2S. The zero-order valence-electron chi connectivity index (χ0n) is 14.0. The minimum atomic E-state index is -0.338. The average Bonchev–Trinajstić information content (AvgIpc) is 3.20. The standard InChI is InChI=1S/C18H12N6O2S/c19-7-11-8-20-18(27-11)24-14(21-15(22-24)10-5-6-10)9-23-16(25)12-3-1-2-4-13(12)17(23)26/h1-4,8,10H,5-6,9H2. The molecule has 0 atom stereocenters. The van der Waals surface area contributed by atoms with E-state index in [4.69, 9.17) is 5.26 Å². The summed E-state index contributed by atoms with van der Waals surface area (Å²) in [6.45, 7) is 0.00747. The van der Waals surface area contributed by atoms with Crippen molar-refractivity contribution in [1.29, 1.82) is 5.26 Å². The van der Waals surface area contributed by atoms with Crippen LogP contribution in [-0.4, -0.2) is 36.5 Å². The lowest BCUT2D eigenvalue weighted by atomic mass is 10.1. The van der Waals surface area contributed by atoms with Gasteiger partial charge in [-0.3, -0.25) is 14.5 Å². The highest BCUT2D eigenvalue weighted by molar-refractivity contribution is 7.14. The van der Waals surface area contributed by atoms with Crippen LogP contribution in [0.4, 0.5) is 0 Å². The van der Waals surface area contributed by atoms with Crippen molar-refractivity contribution < 1.29 is 9.59 Å². The maximum absolute atomic E-state index is 12.7. The molecule has 3 heterocycles. The van der Waals surface area contributed by atoms with Crippen molar-refractivity contribution in [3.63, 3.8) is 0 Å². The molecule has 0 unspecified atom stereocenters. The second-order valence-corrected chi connectivity index (χ2v) is 7.44. The summed E-state index contributed by atoms with van der Waals surface area (Å²) in [7, 11) is 0. The second-order valence-electron chi connectivity index (χ2n) is 6.43.